The molecule has 0 bridgehead atoms. The van der Waals surface area contributed by atoms with Crippen molar-refractivity contribution in [1.29, 1.82) is 0 Å². The third kappa shape index (κ3) is 7.52. The zero-order chi connectivity index (χ0) is 29.6. The molecule has 0 radical (unpaired) electrons. The summed E-state index contributed by atoms with van der Waals surface area (Å²) in [6.45, 7) is 1.15. The van der Waals surface area contributed by atoms with Crippen LogP contribution in [0.3, 0.4) is 0 Å². The second-order valence-electron chi connectivity index (χ2n) is 9.96. The molecule has 1 atom stereocenters. The first-order valence-corrected chi connectivity index (χ1v) is 15.6. The summed E-state index contributed by atoms with van der Waals surface area (Å²) in [7, 11) is -2.65. The molecule has 0 aromatic heterocycles. The van der Waals surface area contributed by atoms with Crippen LogP contribution in [0, 0.1) is 0 Å². The van der Waals surface area contributed by atoms with E-state index in [4.69, 9.17) is 27.9 Å². The zero-order valence-corrected chi connectivity index (χ0v) is 25.3. The molecule has 1 N–H and O–H groups in total. The summed E-state index contributed by atoms with van der Waals surface area (Å²) < 4.78 is 34.0. The van der Waals surface area contributed by atoms with Gasteiger partial charge in [0.25, 0.3) is 10.0 Å². The normalized spacial score (nSPS) is 14.3. The second-order valence-corrected chi connectivity index (χ2v) is 12.6. The van der Waals surface area contributed by atoms with Gasteiger partial charge in [-0.25, -0.2) is 8.42 Å². The first kappa shape index (κ1) is 30.7. The number of carbonyl (C=O) groups is 2. The van der Waals surface area contributed by atoms with Crippen molar-refractivity contribution in [3.8, 4) is 5.75 Å². The topological polar surface area (TPSA) is 96.0 Å². The van der Waals surface area contributed by atoms with Gasteiger partial charge in [0, 0.05) is 12.6 Å². The third-order valence-corrected chi connectivity index (χ3v) is 9.68. The first-order chi connectivity index (χ1) is 19.6. The standard InChI is InChI=1S/C30H33Cl2N3O5S/c1-21(30(37)33-23-10-6-7-11-23)34(19-22-9-8-12-25(17-22)40-2)29(36)20-35(24-15-16-27(31)28(32)18-24)41(38,39)26-13-4-3-5-14-26/h3-5,8-9,12-18,21,23H,6-7,10-11,19-20H2,1-2H3,(H,33,37). The van der Waals surface area contributed by atoms with E-state index in [0.29, 0.717) is 5.75 Å². The Balaban J connectivity index is 1.70. The van der Waals surface area contributed by atoms with E-state index in [1.165, 1.54) is 35.2 Å². The van der Waals surface area contributed by atoms with Crippen LogP contribution in [0.25, 0.3) is 0 Å². The number of hydrogen-bond acceptors (Lipinski definition) is 5. The van der Waals surface area contributed by atoms with Gasteiger partial charge in [-0.3, -0.25) is 13.9 Å². The van der Waals surface area contributed by atoms with E-state index in [9.17, 15) is 18.0 Å². The number of benzene rings is 3. The van der Waals surface area contributed by atoms with Gasteiger partial charge < -0.3 is 15.0 Å². The van der Waals surface area contributed by atoms with Gasteiger partial charge in [0.1, 0.15) is 18.3 Å². The Labute approximate surface area is 251 Å². The van der Waals surface area contributed by atoms with Gasteiger partial charge in [-0.15, -0.1) is 0 Å². The highest BCUT2D eigenvalue weighted by molar-refractivity contribution is 7.92. The molecular weight excluding hydrogens is 585 g/mol. The average molecular weight is 619 g/mol. The minimum Gasteiger partial charge on any atom is -0.497 e. The van der Waals surface area contributed by atoms with Crippen LogP contribution in [0.4, 0.5) is 5.69 Å². The van der Waals surface area contributed by atoms with Crippen LogP contribution in [0.5, 0.6) is 5.75 Å². The van der Waals surface area contributed by atoms with E-state index in [-0.39, 0.29) is 39.1 Å². The maximum Gasteiger partial charge on any atom is 0.264 e. The first-order valence-electron chi connectivity index (χ1n) is 13.4. The Hall–Kier alpha value is -3.27. The van der Waals surface area contributed by atoms with E-state index in [0.717, 1.165) is 35.6 Å². The number of nitrogens with zero attached hydrogens (tertiary/aromatic N) is 2. The fourth-order valence-electron chi connectivity index (χ4n) is 4.83. The molecule has 2 amide bonds. The van der Waals surface area contributed by atoms with Crippen LogP contribution >= 0.6 is 23.2 Å². The molecule has 0 heterocycles. The predicted octanol–water partition coefficient (Wildman–Crippen LogP) is 5.67. The fourth-order valence-corrected chi connectivity index (χ4v) is 6.55. The molecule has 1 saturated carbocycles. The maximum atomic E-state index is 14.0. The number of carbonyl (C=O) groups excluding carboxylic acids is 2. The number of sulfonamides is 1. The van der Waals surface area contributed by atoms with Gasteiger partial charge in [0.05, 0.1) is 27.7 Å². The van der Waals surface area contributed by atoms with E-state index in [1.54, 1.807) is 50.4 Å². The number of amides is 2. The summed E-state index contributed by atoms with van der Waals surface area (Å²) in [5, 5.41) is 3.44. The summed E-state index contributed by atoms with van der Waals surface area (Å²) in [6, 6.07) is 18.6. The molecule has 4 rings (SSSR count). The van der Waals surface area contributed by atoms with Crippen molar-refractivity contribution in [2.24, 2.45) is 0 Å². The van der Waals surface area contributed by atoms with Crippen molar-refractivity contribution >= 4 is 50.7 Å². The number of anilines is 1. The van der Waals surface area contributed by atoms with Crippen LogP contribution in [0.15, 0.2) is 77.7 Å². The quantitative estimate of drug-likeness (QED) is 0.299. The van der Waals surface area contributed by atoms with Gasteiger partial charge >= 0.3 is 0 Å². The molecule has 0 aliphatic heterocycles. The van der Waals surface area contributed by atoms with Crippen LogP contribution in [-0.2, 0) is 26.2 Å². The Morgan fingerprint density at radius 2 is 1.68 bits per heavy atom. The van der Waals surface area contributed by atoms with E-state index in [1.807, 2.05) is 6.07 Å². The fraction of sp³-hybridized carbons (Fsp3) is 0.333. The van der Waals surface area contributed by atoms with Crippen molar-refractivity contribution in [2.75, 3.05) is 18.0 Å². The Kier molecular flexibility index (Phi) is 10.2. The number of halogens is 2. The monoisotopic (exact) mass is 617 g/mol. The second kappa shape index (κ2) is 13.6. The Bertz CT molecular complexity index is 1480. The molecule has 1 aliphatic carbocycles. The summed E-state index contributed by atoms with van der Waals surface area (Å²) in [5.41, 5.74) is 0.895. The van der Waals surface area contributed by atoms with Crippen LogP contribution in [0.2, 0.25) is 10.0 Å². The SMILES string of the molecule is COc1cccc(CN(C(=O)CN(c2ccc(Cl)c(Cl)c2)S(=O)(=O)c2ccccc2)C(C)C(=O)NC2CCCC2)c1. The summed E-state index contributed by atoms with van der Waals surface area (Å²) >= 11 is 12.4. The van der Waals surface area contributed by atoms with E-state index < -0.39 is 28.5 Å². The number of nitrogens with one attached hydrogen (secondary N) is 1. The lowest BCUT2D eigenvalue weighted by molar-refractivity contribution is -0.139. The van der Waals surface area contributed by atoms with Crippen molar-refractivity contribution in [1.82, 2.24) is 10.2 Å². The summed E-state index contributed by atoms with van der Waals surface area (Å²) in [5.74, 6) is -0.255. The number of methoxy groups -OCH3 is 1. The largest absolute Gasteiger partial charge is 0.497 e. The van der Waals surface area contributed by atoms with Crippen LogP contribution < -0.4 is 14.4 Å². The highest BCUT2D eigenvalue weighted by Crippen LogP contribution is 2.31. The Morgan fingerprint density at radius 1 is 0.976 bits per heavy atom. The molecule has 1 aliphatic rings. The summed E-state index contributed by atoms with van der Waals surface area (Å²) in [6.07, 6.45) is 3.87. The zero-order valence-electron chi connectivity index (χ0n) is 22.9. The van der Waals surface area contributed by atoms with Crippen molar-refractivity contribution in [2.45, 2.75) is 56.1 Å². The lowest BCUT2D eigenvalue weighted by Gasteiger charge is -2.32. The average Bonchev–Trinajstić information content (AvgIpc) is 3.49. The molecule has 11 heteroatoms. The van der Waals surface area contributed by atoms with Gasteiger partial charge in [-0.05, 0) is 67.8 Å². The van der Waals surface area contributed by atoms with Gasteiger partial charge in [-0.1, -0.05) is 66.4 Å². The number of rotatable bonds is 11. The van der Waals surface area contributed by atoms with E-state index >= 15 is 0 Å². The van der Waals surface area contributed by atoms with Gasteiger partial charge in [0.15, 0.2) is 0 Å². The number of ether oxygens (including phenoxy) is 1. The minimum absolute atomic E-state index is 0.00485. The molecular formula is C30H33Cl2N3O5S. The Morgan fingerprint density at radius 3 is 2.34 bits per heavy atom. The third-order valence-electron chi connectivity index (χ3n) is 7.16. The molecule has 8 nitrogen and oxygen atoms in total. The molecule has 1 unspecified atom stereocenters. The summed E-state index contributed by atoms with van der Waals surface area (Å²) in [4.78, 5) is 28.8. The molecule has 0 saturated heterocycles. The van der Waals surface area contributed by atoms with Gasteiger partial charge in [0.2, 0.25) is 11.8 Å². The van der Waals surface area contributed by atoms with Crippen molar-refractivity contribution < 1.29 is 22.7 Å². The van der Waals surface area contributed by atoms with Crippen LogP contribution in [-0.4, -0.2) is 50.9 Å². The molecule has 3 aromatic carbocycles. The molecule has 3 aromatic rings. The molecule has 0 spiro atoms. The van der Waals surface area contributed by atoms with E-state index in [2.05, 4.69) is 5.32 Å². The molecule has 1 fully saturated rings. The minimum atomic E-state index is -4.20. The highest BCUT2D eigenvalue weighted by atomic mass is 35.5. The smallest absolute Gasteiger partial charge is 0.264 e. The van der Waals surface area contributed by atoms with Crippen LogP contribution in [0.1, 0.15) is 38.2 Å². The highest BCUT2D eigenvalue weighted by Gasteiger charge is 2.33. The lowest BCUT2D eigenvalue weighted by Crippen LogP contribution is -2.52. The lowest BCUT2D eigenvalue weighted by atomic mass is 10.1. The number of hydrogen-bond donors (Lipinski definition) is 1. The molecule has 218 valence electrons. The maximum absolute atomic E-state index is 14.0. The van der Waals surface area contributed by atoms with Crippen molar-refractivity contribution in [3.63, 3.8) is 0 Å². The molecule has 41 heavy (non-hydrogen) atoms. The predicted molar refractivity (Wildman–Crippen MR) is 161 cm³/mol. The van der Waals surface area contributed by atoms with Gasteiger partial charge in [-0.2, -0.15) is 0 Å². The van der Waals surface area contributed by atoms with Crippen molar-refractivity contribution in [3.05, 3.63) is 88.4 Å².